The van der Waals surface area contributed by atoms with E-state index in [9.17, 15) is 4.79 Å². The highest BCUT2D eigenvalue weighted by molar-refractivity contribution is 9.09. The Kier molecular flexibility index (Phi) is 15.1. The lowest BCUT2D eigenvalue weighted by molar-refractivity contribution is 0.0326. The summed E-state index contributed by atoms with van der Waals surface area (Å²) in [5.41, 5.74) is 0. The largest absolute Gasteiger partial charge is 0.378 e. The molecule has 0 bridgehead atoms. The number of rotatable bonds is 16. The standard InChI is InChI=1S/C22H39BrO2/c1-2-14-22(23)20(19-24)15-10-7-5-3-4-6-8-13-18-25-21-16-11-9-12-17-21/h9,20-22H,2-8,10-18H2,1H3. The molecule has 1 fully saturated rings. The van der Waals surface area contributed by atoms with E-state index in [2.05, 4.69) is 35.6 Å². The molecule has 0 aromatic carbocycles. The van der Waals surface area contributed by atoms with Crippen LogP contribution in [0.1, 0.15) is 103 Å². The van der Waals surface area contributed by atoms with Crippen LogP contribution in [0.15, 0.2) is 0 Å². The molecule has 2 atom stereocenters. The van der Waals surface area contributed by atoms with Gasteiger partial charge in [-0.25, -0.2) is 0 Å². The smallest absolute Gasteiger partial charge is 0.202 e. The molecule has 0 aromatic heterocycles. The maximum atomic E-state index is 11.0. The van der Waals surface area contributed by atoms with E-state index >= 15 is 0 Å². The molecule has 3 heteroatoms. The van der Waals surface area contributed by atoms with Crippen molar-refractivity contribution in [3.05, 3.63) is 6.42 Å². The highest BCUT2D eigenvalue weighted by atomic mass is 79.9. The molecule has 146 valence electrons. The molecule has 0 heterocycles. The van der Waals surface area contributed by atoms with Gasteiger partial charge in [-0.3, -0.25) is 4.79 Å². The highest BCUT2D eigenvalue weighted by Gasteiger charge is 2.17. The van der Waals surface area contributed by atoms with Crippen molar-refractivity contribution in [3.8, 4) is 0 Å². The quantitative estimate of drug-likeness (QED) is 0.201. The van der Waals surface area contributed by atoms with Gasteiger partial charge in [0.15, 0.2) is 0 Å². The van der Waals surface area contributed by atoms with E-state index in [0.717, 1.165) is 25.9 Å². The molecule has 2 unspecified atom stereocenters. The van der Waals surface area contributed by atoms with Crippen LogP contribution in [0.4, 0.5) is 0 Å². The van der Waals surface area contributed by atoms with E-state index in [1.165, 1.54) is 77.0 Å². The summed E-state index contributed by atoms with van der Waals surface area (Å²) in [6, 6.07) is 0. The van der Waals surface area contributed by atoms with Gasteiger partial charge in [0.1, 0.15) is 0 Å². The van der Waals surface area contributed by atoms with Crippen molar-refractivity contribution in [1.82, 2.24) is 0 Å². The number of hydrogen-bond acceptors (Lipinski definition) is 2. The average Bonchev–Trinajstić information content (AvgIpc) is 2.63. The van der Waals surface area contributed by atoms with E-state index in [4.69, 9.17) is 4.74 Å². The van der Waals surface area contributed by atoms with Gasteiger partial charge in [-0.2, -0.15) is 0 Å². The minimum Gasteiger partial charge on any atom is -0.378 e. The molecule has 0 aromatic rings. The Hall–Kier alpha value is 0.110. The molecule has 1 aliphatic carbocycles. The monoisotopic (exact) mass is 414 g/mol. The van der Waals surface area contributed by atoms with Crippen molar-refractivity contribution in [2.45, 2.75) is 114 Å². The highest BCUT2D eigenvalue weighted by Crippen LogP contribution is 2.23. The predicted molar refractivity (Wildman–Crippen MR) is 111 cm³/mol. The molecule has 1 aliphatic rings. The second kappa shape index (κ2) is 16.3. The van der Waals surface area contributed by atoms with E-state index < -0.39 is 0 Å². The number of ether oxygens (including phenoxy) is 1. The zero-order chi connectivity index (χ0) is 18.2. The van der Waals surface area contributed by atoms with Gasteiger partial charge < -0.3 is 4.74 Å². The van der Waals surface area contributed by atoms with Crippen LogP contribution in [0.25, 0.3) is 0 Å². The Morgan fingerprint density at radius 3 is 2.20 bits per heavy atom. The van der Waals surface area contributed by atoms with Crippen LogP contribution >= 0.6 is 15.9 Å². The fourth-order valence-electron chi connectivity index (χ4n) is 3.63. The zero-order valence-corrected chi connectivity index (χ0v) is 17.9. The summed E-state index contributed by atoms with van der Waals surface area (Å²) in [6.45, 7) is 3.12. The molecule has 2 nitrogen and oxygen atoms in total. The van der Waals surface area contributed by atoms with Crippen molar-refractivity contribution in [2.75, 3.05) is 6.61 Å². The zero-order valence-electron chi connectivity index (χ0n) is 16.3. The first-order valence-electron chi connectivity index (χ1n) is 10.7. The van der Waals surface area contributed by atoms with Gasteiger partial charge in [0.25, 0.3) is 0 Å². The Bertz CT molecular complexity index is 302. The summed E-state index contributed by atoms with van der Waals surface area (Å²) in [6.07, 6.45) is 23.6. The molecule has 0 amide bonds. The minimum atomic E-state index is 0.0852. The molecule has 25 heavy (non-hydrogen) atoms. The average molecular weight is 415 g/mol. The molecular formula is C22H39BrO2. The third-order valence-electron chi connectivity index (χ3n) is 5.30. The van der Waals surface area contributed by atoms with Gasteiger partial charge >= 0.3 is 0 Å². The Morgan fingerprint density at radius 2 is 1.60 bits per heavy atom. The predicted octanol–water partition coefficient (Wildman–Crippen LogP) is 6.95. The van der Waals surface area contributed by atoms with Crippen LogP contribution in [0.2, 0.25) is 0 Å². The first kappa shape index (κ1) is 23.1. The van der Waals surface area contributed by atoms with E-state index in [-0.39, 0.29) is 5.92 Å². The van der Waals surface area contributed by atoms with E-state index in [0.29, 0.717) is 10.9 Å². The summed E-state index contributed by atoms with van der Waals surface area (Å²) in [5.74, 6) is 0.0852. The topological polar surface area (TPSA) is 26.3 Å². The van der Waals surface area contributed by atoms with Crippen LogP contribution in [0.5, 0.6) is 0 Å². The second-order valence-corrected chi connectivity index (χ2v) is 8.76. The van der Waals surface area contributed by atoms with E-state index in [1.807, 2.05) is 0 Å². The molecule has 1 rings (SSSR count). The third kappa shape index (κ3) is 12.2. The van der Waals surface area contributed by atoms with Crippen LogP contribution in [0.3, 0.4) is 0 Å². The van der Waals surface area contributed by atoms with Crippen LogP contribution in [-0.2, 0) is 9.53 Å². The summed E-state index contributed by atoms with van der Waals surface area (Å²) >= 11 is 3.64. The first-order chi connectivity index (χ1) is 12.3. The number of carbonyl (C=O) groups excluding carboxylic acids is 1. The maximum Gasteiger partial charge on any atom is 0.202 e. The van der Waals surface area contributed by atoms with Gasteiger partial charge in [0, 0.05) is 17.4 Å². The molecular weight excluding hydrogens is 376 g/mol. The fraction of sp³-hybridized carbons (Fsp3) is 0.909. The van der Waals surface area contributed by atoms with Crippen molar-refractivity contribution in [2.24, 2.45) is 5.92 Å². The van der Waals surface area contributed by atoms with Crippen molar-refractivity contribution in [3.63, 3.8) is 0 Å². The Labute approximate surface area is 165 Å². The van der Waals surface area contributed by atoms with Crippen LogP contribution < -0.4 is 0 Å². The third-order valence-corrected chi connectivity index (χ3v) is 6.40. The molecule has 0 aliphatic heterocycles. The summed E-state index contributed by atoms with van der Waals surface area (Å²) in [5, 5.41) is 0. The van der Waals surface area contributed by atoms with Gasteiger partial charge in [-0.15, -0.1) is 0 Å². The lowest BCUT2D eigenvalue weighted by atomic mass is 9.96. The van der Waals surface area contributed by atoms with Crippen LogP contribution in [-0.4, -0.2) is 23.8 Å². The normalized spacial score (nSPS) is 18.2. The number of unbranched alkanes of at least 4 members (excludes halogenated alkanes) is 7. The Balaban J connectivity index is 1.82. The second-order valence-electron chi connectivity index (χ2n) is 7.58. The lowest BCUT2D eigenvalue weighted by Gasteiger charge is -2.21. The van der Waals surface area contributed by atoms with Crippen molar-refractivity contribution >= 4 is 22.2 Å². The fourth-order valence-corrected chi connectivity index (χ4v) is 4.46. The van der Waals surface area contributed by atoms with Gasteiger partial charge in [-0.1, -0.05) is 74.2 Å². The first-order valence-corrected chi connectivity index (χ1v) is 11.6. The summed E-state index contributed by atoms with van der Waals surface area (Å²) < 4.78 is 5.96. The van der Waals surface area contributed by atoms with Gasteiger partial charge in [0.05, 0.1) is 6.10 Å². The Morgan fingerprint density at radius 1 is 1.00 bits per heavy atom. The molecule has 0 N–H and O–H groups in total. The van der Waals surface area contributed by atoms with Crippen molar-refractivity contribution < 1.29 is 9.53 Å². The molecule has 1 saturated carbocycles. The molecule has 0 saturated heterocycles. The SMILES string of the molecule is CCCC(Br)C([C]=O)CCCCCCCCCCOC1CC[CH]CC1. The van der Waals surface area contributed by atoms with E-state index in [1.54, 1.807) is 0 Å². The lowest BCUT2D eigenvalue weighted by Crippen LogP contribution is -2.17. The van der Waals surface area contributed by atoms with Gasteiger partial charge in [0.2, 0.25) is 6.29 Å². The maximum absolute atomic E-state index is 11.0. The summed E-state index contributed by atoms with van der Waals surface area (Å²) in [7, 11) is 0. The van der Waals surface area contributed by atoms with Crippen LogP contribution in [0, 0.1) is 12.3 Å². The van der Waals surface area contributed by atoms with Crippen molar-refractivity contribution in [1.29, 1.82) is 0 Å². The summed E-state index contributed by atoms with van der Waals surface area (Å²) in [4.78, 5) is 11.4. The number of halogens is 1. The number of alkyl halides is 1. The number of hydrogen-bond donors (Lipinski definition) is 0. The minimum absolute atomic E-state index is 0.0852. The molecule has 2 radical (unpaired) electrons. The molecule has 0 spiro atoms. The van der Waals surface area contributed by atoms with Gasteiger partial charge in [-0.05, 0) is 51.4 Å².